The van der Waals surface area contributed by atoms with E-state index < -0.39 is 23.6 Å². The van der Waals surface area contributed by atoms with Crippen LogP contribution in [-0.4, -0.2) is 119 Å². The van der Waals surface area contributed by atoms with Gasteiger partial charge >= 0.3 is 6.18 Å². The van der Waals surface area contributed by atoms with E-state index >= 15 is 4.39 Å². The predicted molar refractivity (Wildman–Crippen MR) is 257 cm³/mol. The summed E-state index contributed by atoms with van der Waals surface area (Å²) in [5.41, 5.74) is 9.37. The zero-order valence-corrected chi connectivity index (χ0v) is 38.9. The number of aromatic nitrogens is 4. The molecular weight excluding hydrogens is 911 g/mol. The number of ether oxygens (including phenoxy) is 1. The van der Waals surface area contributed by atoms with Gasteiger partial charge < -0.3 is 25.6 Å². The molecule has 20 heteroatoms. The van der Waals surface area contributed by atoms with Crippen molar-refractivity contribution in [3.05, 3.63) is 101 Å². The lowest BCUT2D eigenvalue weighted by Gasteiger charge is -2.37. The highest BCUT2D eigenvalue weighted by atomic mass is 19.4. The van der Waals surface area contributed by atoms with Crippen LogP contribution in [0.15, 0.2) is 73.1 Å². The molecule has 3 aliphatic heterocycles. The summed E-state index contributed by atoms with van der Waals surface area (Å²) in [5.74, 6) is -2.06. The van der Waals surface area contributed by atoms with E-state index in [1.54, 1.807) is 49.7 Å². The van der Waals surface area contributed by atoms with Crippen LogP contribution in [0.5, 0.6) is 0 Å². The molecule has 6 heterocycles. The van der Waals surface area contributed by atoms with Crippen molar-refractivity contribution in [3.63, 3.8) is 0 Å². The Balaban J connectivity index is 0.746. The molecule has 4 amide bonds. The molecule has 3 fully saturated rings. The molecule has 370 valence electrons. The number of nitrogen functional groups attached to an aromatic ring is 1. The number of carbonyl (C=O) groups excluding carboxylic acids is 4. The number of nitrogens with two attached hydrogens (primary N) is 1. The highest BCUT2D eigenvalue weighted by molar-refractivity contribution is 6.06. The molecule has 70 heavy (non-hydrogen) atoms. The Morgan fingerprint density at radius 2 is 1.79 bits per heavy atom. The molecule has 3 unspecified atom stereocenters. The van der Waals surface area contributed by atoms with Gasteiger partial charge in [-0.15, -0.1) is 0 Å². The average molecular weight is 968 g/mol. The molecule has 0 saturated carbocycles. The van der Waals surface area contributed by atoms with Crippen LogP contribution in [0.1, 0.15) is 90.8 Å². The molecule has 6 N–H and O–H groups in total. The molecule has 0 aliphatic carbocycles. The number of hydrogen-bond donors (Lipinski definition) is 5. The normalized spacial score (nSPS) is 18.5. The number of alkyl halides is 3. The van der Waals surface area contributed by atoms with E-state index in [2.05, 4.69) is 47.1 Å². The van der Waals surface area contributed by atoms with Crippen LogP contribution in [0.25, 0.3) is 28.2 Å². The maximum absolute atomic E-state index is 15.3. The number of allylic oxidation sites excluding steroid dienone is 1. The van der Waals surface area contributed by atoms with Crippen LogP contribution in [0.2, 0.25) is 0 Å². The van der Waals surface area contributed by atoms with Crippen molar-refractivity contribution >= 4 is 57.9 Å². The fourth-order valence-corrected chi connectivity index (χ4v) is 9.48. The van der Waals surface area contributed by atoms with Crippen molar-refractivity contribution in [3.8, 4) is 11.3 Å². The number of imide groups is 1. The first-order valence-electron chi connectivity index (χ1n) is 23.7. The fourth-order valence-electron chi connectivity index (χ4n) is 9.48. The summed E-state index contributed by atoms with van der Waals surface area (Å²) in [7, 11) is 1.67. The van der Waals surface area contributed by atoms with E-state index in [4.69, 9.17) is 10.5 Å². The highest BCUT2D eigenvalue weighted by Crippen LogP contribution is 2.34. The molecule has 3 aliphatic rings. The summed E-state index contributed by atoms with van der Waals surface area (Å²) in [6.07, 6.45) is 8.29. The number of methoxy groups -OCH3 is 1. The lowest BCUT2D eigenvalue weighted by Crippen LogP contribution is -2.51. The van der Waals surface area contributed by atoms with Gasteiger partial charge in [-0.2, -0.15) is 18.3 Å². The van der Waals surface area contributed by atoms with Crippen LogP contribution in [-0.2, 0) is 25.3 Å². The van der Waals surface area contributed by atoms with Gasteiger partial charge in [0, 0.05) is 88.3 Å². The summed E-state index contributed by atoms with van der Waals surface area (Å²) >= 11 is 0. The number of fused-ring (bicyclic) bond motifs is 1. The zero-order chi connectivity index (χ0) is 49.4. The predicted octanol–water partition coefficient (Wildman–Crippen LogP) is 6.87. The van der Waals surface area contributed by atoms with Crippen molar-refractivity contribution < 1.29 is 41.5 Å². The number of likely N-dealkylation sites (tertiary alicyclic amines) is 1. The zero-order valence-electron chi connectivity index (χ0n) is 38.9. The van der Waals surface area contributed by atoms with Crippen molar-refractivity contribution in [2.24, 2.45) is 0 Å². The molecule has 3 saturated heterocycles. The number of carbonyl (C=O) groups is 4. The number of anilines is 3. The Hall–Kier alpha value is -6.77. The summed E-state index contributed by atoms with van der Waals surface area (Å²) in [5, 5.41) is 16.5. The first-order chi connectivity index (χ1) is 33.8. The van der Waals surface area contributed by atoms with Gasteiger partial charge in [0.1, 0.15) is 29.2 Å². The Morgan fingerprint density at radius 3 is 2.53 bits per heavy atom. The van der Waals surface area contributed by atoms with Crippen molar-refractivity contribution in [2.75, 3.05) is 68.9 Å². The minimum absolute atomic E-state index is 0.0545. The minimum atomic E-state index is -4.57. The van der Waals surface area contributed by atoms with E-state index in [9.17, 15) is 32.3 Å². The molecule has 3 atom stereocenters. The Bertz CT molecular complexity index is 2710. The summed E-state index contributed by atoms with van der Waals surface area (Å²) in [4.78, 5) is 64.6. The molecule has 5 aromatic rings. The van der Waals surface area contributed by atoms with Gasteiger partial charge in [-0.05, 0) is 87.0 Å². The third-order valence-electron chi connectivity index (χ3n) is 13.3. The molecule has 0 radical (unpaired) electrons. The SMILES string of the molecule is COC(NCCCCC/C=C/c1cnc(N)c2c(-c3ccc(C(=O)Nc4cc(C(F)(F)F)ccn4)cc3)[nH]nc12)C1CCCN1C(=O)CCN1CCN(c2ccc(C3CCC(=O)NC3=O)cc2F)CC1. The number of H-pyrrole nitrogens is 1. The number of aromatic amines is 1. The monoisotopic (exact) mass is 967 g/mol. The summed E-state index contributed by atoms with van der Waals surface area (Å²) in [6, 6.07) is 12.9. The van der Waals surface area contributed by atoms with Gasteiger partial charge in [-0.3, -0.25) is 39.8 Å². The van der Waals surface area contributed by atoms with Gasteiger partial charge in [0.2, 0.25) is 17.7 Å². The van der Waals surface area contributed by atoms with Gasteiger partial charge in [-0.25, -0.2) is 14.4 Å². The minimum Gasteiger partial charge on any atom is -0.383 e. The summed E-state index contributed by atoms with van der Waals surface area (Å²) in [6.45, 7) is 4.66. The number of piperazine rings is 1. The number of benzene rings is 2. The fraction of sp³-hybridized carbons (Fsp3) is 0.420. The van der Waals surface area contributed by atoms with Crippen LogP contribution < -0.4 is 26.6 Å². The van der Waals surface area contributed by atoms with E-state index in [0.29, 0.717) is 85.5 Å². The number of nitrogens with one attached hydrogen (secondary N) is 4. The van der Waals surface area contributed by atoms with Crippen LogP contribution in [0, 0.1) is 5.82 Å². The van der Waals surface area contributed by atoms with Gasteiger partial charge in [-0.1, -0.05) is 36.8 Å². The molecule has 0 spiro atoms. The smallest absolute Gasteiger partial charge is 0.383 e. The number of nitrogens with zero attached hydrogens (tertiary/aromatic N) is 6. The van der Waals surface area contributed by atoms with E-state index in [1.165, 1.54) is 6.07 Å². The molecule has 2 aromatic carbocycles. The van der Waals surface area contributed by atoms with Gasteiger partial charge in [0.05, 0.1) is 34.3 Å². The molecule has 3 aromatic heterocycles. The lowest BCUT2D eigenvalue weighted by molar-refractivity contribution is -0.138. The average Bonchev–Trinajstić information content (AvgIpc) is 4.03. The second-order valence-electron chi connectivity index (χ2n) is 17.8. The van der Waals surface area contributed by atoms with E-state index in [-0.39, 0.29) is 59.4 Å². The number of unbranched alkanes of at least 4 members (excludes halogenated alkanes) is 3. The Labute approximate surface area is 402 Å². The third-order valence-corrected chi connectivity index (χ3v) is 13.3. The quantitative estimate of drug-likeness (QED) is 0.0264. The van der Waals surface area contributed by atoms with E-state index in [0.717, 1.165) is 69.0 Å². The largest absolute Gasteiger partial charge is 0.416 e. The maximum atomic E-state index is 15.3. The van der Waals surface area contributed by atoms with Crippen LogP contribution in [0.4, 0.5) is 34.9 Å². The number of rotatable bonds is 18. The second kappa shape index (κ2) is 22.3. The van der Waals surface area contributed by atoms with Crippen LogP contribution in [0.3, 0.4) is 0 Å². The van der Waals surface area contributed by atoms with Crippen molar-refractivity contribution in [2.45, 2.75) is 82.2 Å². The number of pyridine rings is 2. The topological polar surface area (TPSA) is 204 Å². The van der Waals surface area contributed by atoms with Gasteiger partial charge in [0.15, 0.2) is 0 Å². The molecule has 0 bridgehead atoms. The lowest BCUT2D eigenvalue weighted by atomic mass is 9.90. The highest BCUT2D eigenvalue weighted by Gasteiger charge is 2.35. The van der Waals surface area contributed by atoms with Crippen molar-refractivity contribution in [1.82, 2.24) is 40.6 Å². The molecule has 16 nitrogen and oxygen atoms in total. The van der Waals surface area contributed by atoms with E-state index in [1.807, 2.05) is 15.9 Å². The number of amides is 4. The number of halogens is 4. The molecular formula is C50H57F4N11O5. The van der Waals surface area contributed by atoms with Crippen LogP contribution >= 0.6 is 0 Å². The standard InChI is InChI=1S/C50H57F4N11O5/c1-70-49(39-9-7-22-65(39)42(67)19-23-63-24-26-64(27-25-63)38-16-14-33(28-37(38)51)36-15-17-41(66)60-48(36)69)57-20-6-4-2-3-5-8-34-30-58-46(55)43-44(61-62-45(34)43)31-10-12-32(13-11-31)47(68)59-40-29-35(18-21-56-40)50(52,53)54/h5,8,10-14,16,18,21,28-30,36,39,49,57H,2-4,6-7,9,15,17,19-20,22-27H2,1H3,(H2,55,58)(H,61,62)(H,56,59,68)(H,60,66,69)/b8-5+. The summed E-state index contributed by atoms with van der Waals surface area (Å²) < 4.78 is 60.5. The number of piperidine rings is 1. The first kappa shape index (κ1) is 49.6. The second-order valence-corrected chi connectivity index (χ2v) is 17.8. The van der Waals surface area contributed by atoms with Crippen molar-refractivity contribution in [1.29, 1.82) is 0 Å². The molecule has 8 rings (SSSR count). The maximum Gasteiger partial charge on any atom is 0.416 e. The Morgan fingerprint density at radius 1 is 0.986 bits per heavy atom. The Kier molecular flexibility index (Phi) is 15.8. The first-order valence-corrected chi connectivity index (χ1v) is 23.7. The number of hydrogen-bond acceptors (Lipinski definition) is 12. The third kappa shape index (κ3) is 11.8. The van der Waals surface area contributed by atoms with Gasteiger partial charge in [0.25, 0.3) is 5.91 Å².